The first kappa shape index (κ1) is 12.6. The first-order chi connectivity index (χ1) is 8.60. The predicted octanol–water partition coefficient (Wildman–Crippen LogP) is 0.931. The Labute approximate surface area is 101 Å². The summed E-state index contributed by atoms with van der Waals surface area (Å²) >= 11 is 0. The van der Waals surface area contributed by atoms with E-state index in [1.807, 2.05) is 0 Å². The van der Waals surface area contributed by atoms with Crippen LogP contribution in [0.1, 0.15) is 23.3 Å². The van der Waals surface area contributed by atoms with E-state index in [1.54, 1.807) is 0 Å². The van der Waals surface area contributed by atoms with Crippen molar-refractivity contribution in [2.75, 3.05) is 6.61 Å². The molecule has 3 N–H and O–H groups in total. The van der Waals surface area contributed by atoms with E-state index in [-0.39, 0.29) is 30.3 Å². The second kappa shape index (κ2) is 5.19. The maximum absolute atomic E-state index is 13.4. The Balaban J connectivity index is 2.16. The van der Waals surface area contributed by atoms with Crippen molar-refractivity contribution in [2.45, 2.75) is 12.5 Å². The molecule has 0 saturated heterocycles. The fourth-order valence-corrected chi connectivity index (χ4v) is 1.40. The number of aliphatic hydroxyl groups excluding tert-OH is 1. The normalized spacial score (nSPS) is 12.7. The Kier molecular flexibility index (Phi) is 3.63. The quantitative estimate of drug-likeness (QED) is 0.848. The zero-order valence-electron chi connectivity index (χ0n) is 9.31. The van der Waals surface area contributed by atoms with Gasteiger partial charge < -0.3 is 15.4 Å². The van der Waals surface area contributed by atoms with Gasteiger partial charge in [0, 0.05) is 12.5 Å². The van der Waals surface area contributed by atoms with Crippen molar-refractivity contribution in [3.05, 3.63) is 47.1 Å². The van der Waals surface area contributed by atoms with Gasteiger partial charge in [-0.2, -0.15) is 4.98 Å². The Bertz CT molecular complexity index is 545. The summed E-state index contributed by atoms with van der Waals surface area (Å²) in [7, 11) is 0. The van der Waals surface area contributed by atoms with Crippen LogP contribution in [-0.4, -0.2) is 21.9 Å². The average Bonchev–Trinajstić information content (AvgIpc) is 2.80. The number of rotatable bonds is 4. The van der Waals surface area contributed by atoms with Gasteiger partial charge in [-0.15, -0.1) is 0 Å². The summed E-state index contributed by atoms with van der Waals surface area (Å²) in [4.78, 5) is 3.92. The molecule has 0 amide bonds. The molecular weight excluding hydrogens is 244 g/mol. The fourth-order valence-electron chi connectivity index (χ4n) is 1.40. The second-order valence-electron chi connectivity index (χ2n) is 3.75. The van der Waals surface area contributed by atoms with Gasteiger partial charge in [0.05, 0.1) is 6.61 Å². The van der Waals surface area contributed by atoms with Crippen LogP contribution >= 0.6 is 0 Å². The van der Waals surface area contributed by atoms with Gasteiger partial charge in [0.1, 0.15) is 17.7 Å². The van der Waals surface area contributed by atoms with E-state index in [2.05, 4.69) is 10.1 Å². The summed E-state index contributed by atoms with van der Waals surface area (Å²) in [6, 6.07) is 2.49. The van der Waals surface area contributed by atoms with Crippen LogP contribution in [-0.2, 0) is 6.42 Å². The highest BCUT2D eigenvalue weighted by Gasteiger charge is 2.15. The van der Waals surface area contributed by atoms with Crippen LogP contribution in [0, 0.1) is 11.6 Å². The number of aromatic nitrogens is 2. The SMILES string of the molecule is NC(CO)c1nc(Cc2ccc(F)cc2F)no1. The molecule has 1 atom stereocenters. The lowest BCUT2D eigenvalue weighted by molar-refractivity contribution is 0.236. The van der Waals surface area contributed by atoms with Gasteiger partial charge in [0.25, 0.3) is 0 Å². The zero-order valence-corrected chi connectivity index (χ0v) is 9.31. The standard InChI is InChI=1S/C11H11F2N3O2/c12-7-2-1-6(8(13)4-7)3-10-15-11(18-16-10)9(14)5-17/h1-2,4,9,17H,3,5,14H2. The van der Waals surface area contributed by atoms with E-state index in [0.29, 0.717) is 0 Å². The monoisotopic (exact) mass is 255 g/mol. The van der Waals surface area contributed by atoms with E-state index < -0.39 is 17.7 Å². The predicted molar refractivity (Wildman–Crippen MR) is 57.5 cm³/mol. The third kappa shape index (κ3) is 2.69. The van der Waals surface area contributed by atoms with Crippen LogP contribution in [0.25, 0.3) is 0 Å². The van der Waals surface area contributed by atoms with E-state index in [1.165, 1.54) is 6.07 Å². The lowest BCUT2D eigenvalue weighted by Gasteiger charge is -2.00. The maximum atomic E-state index is 13.4. The molecule has 2 rings (SSSR count). The summed E-state index contributed by atoms with van der Waals surface area (Å²) < 4.78 is 30.9. The van der Waals surface area contributed by atoms with Crippen molar-refractivity contribution in [1.82, 2.24) is 10.1 Å². The van der Waals surface area contributed by atoms with E-state index >= 15 is 0 Å². The molecule has 0 aliphatic heterocycles. The molecule has 0 fully saturated rings. The summed E-state index contributed by atoms with van der Waals surface area (Å²) in [6.07, 6.45) is 0.0633. The molecule has 2 aromatic rings. The van der Waals surface area contributed by atoms with Crippen molar-refractivity contribution in [2.24, 2.45) is 5.73 Å². The largest absolute Gasteiger partial charge is 0.394 e. The number of nitrogens with zero attached hydrogens (tertiary/aromatic N) is 2. The van der Waals surface area contributed by atoms with Crippen molar-refractivity contribution < 1.29 is 18.4 Å². The number of hydrogen-bond donors (Lipinski definition) is 2. The van der Waals surface area contributed by atoms with E-state index in [9.17, 15) is 8.78 Å². The van der Waals surface area contributed by atoms with Crippen LogP contribution in [0.3, 0.4) is 0 Å². The Morgan fingerprint density at radius 2 is 2.17 bits per heavy atom. The highest BCUT2D eigenvalue weighted by molar-refractivity contribution is 5.21. The van der Waals surface area contributed by atoms with Crippen LogP contribution in [0.15, 0.2) is 22.7 Å². The highest BCUT2D eigenvalue weighted by atomic mass is 19.1. The summed E-state index contributed by atoms with van der Waals surface area (Å²) in [5, 5.41) is 12.4. The summed E-state index contributed by atoms with van der Waals surface area (Å²) in [5.41, 5.74) is 5.73. The van der Waals surface area contributed by atoms with E-state index in [4.69, 9.17) is 15.4 Å². The van der Waals surface area contributed by atoms with Crippen LogP contribution in [0.5, 0.6) is 0 Å². The van der Waals surface area contributed by atoms with Gasteiger partial charge in [-0.1, -0.05) is 11.2 Å². The third-order valence-corrected chi connectivity index (χ3v) is 2.36. The van der Waals surface area contributed by atoms with Gasteiger partial charge in [0.2, 0.25) is 5.89 Å². The number of halogens is 2. The van der Waals surface area contributed by atoms with Gasteiger partial charge in [-0.25, -0.2) is 8.78 Å². The fraction of sp³-hybridized carbons (Fsp3) is 0.273. The molecule has 18 heavy (non-hydrogen) atoms. The third-order valence-electron chi connectivity index (χ3n) is 2.36. The van der Waals surface area contributed by atoms with Gasteiger partial charge in [-0.3, -0.25) is 0 Å². The number of aliphatic hydroxyl groups is 1. The minimum atomic E-state index is -0.760. The lowest BCUT2D eigenvalue weighted by atomic mass is 10.1. The number of hydrogen-bond acceptors (Lipinski definition) is 5. The Morgan fingerprint density at radius 1 is 1.39 bits per heavy atom. The first-order valence-electron chi connectivity index (χ1n) is 5.23. The maximum Gasteiger partial charge on any atom is 0.245 e. The lowest BCUT2D eigenvalue weighted by Crippen LogP contribution is -2.14. The molecular formula is C11H11F2N3O2. The number of benzene rings is 1. The molecule has 7 heteroatoms. The van der Waals surface area contributed by atoms with Gasteiger partial charge in [-0.05, 0) is 11.6 Å². The highest BCUT2D eigenvalue weighted by Crippen LogP contribution is 2.14. The molecule has 0 bridgehead atoms. The van der Waals surface area contributed by atoms with Crippen LogP contribution in [0.4, 0.5) is 8.78 Å². The van der Waals surface area contributed by atoms with Gasteiger partial charge >= 0.3 is 0 Å². The summed E-state index contributed by atoms with van der Waals surface area (Å²) in [6.45, 7) is -0.327. The van der Waals surface area contributed by atoms with Crippen molar-refractivity contribution in [3.8, 4) is 0 Å². The molecule has 1 heterocycles. The molecule has 0 aliphatic carbocycles. The molecule has 96 valence electrons. The smallest absolute Gasteiger partial charge is 0.245 e. The molecule has 0 radical (unpaired) electrons. The first-order valence-corrected chi connectivity index (χ1v) is 5.23. The Hall–Kier alpha value is -1.86. The summed E-state index contributed by atoms with van der Waals surface area (Å²) in [5.74, 6) is -1.02. The van der Waals surface area contributed by atoms with Crippen molar-refractivity contribution in [1.29, 1.82) is 0 Å². The van der Waals surface area contributed by atoms with Crippen LogP contribution < -0.4 is 5.73 Å². The molecule has 5 nitrogen and oxygen atoms in total. The van der Waals surface area contributed by atoms with Gasteiger partial charge in [0.15, 0.2) is 5.82 Å². The van der Waals surface area contributed by atoms with E-state index in [0.717, 1.165) is 12.1 Å². The zero-order chi connectivity index (χ0) is 13.1. The minimum Gasteiger partial charge on any atom is -0.394 e. The molecule has 1 unspecified atom stereocenters. The topological polar surface area (TPSA) is 85.2 Å². The minimum absolute atomic E-state index is 0.0633. The molecule has 1 aromatic carbocycles. The number of nitrogens with two attached hydrogens (primary N) is 1. The molecule has 0 saturated carbocycles. The van der Waals surface area contributed by atoms with Crippen molar-refractivity contribution in [3.63, 3.8) is 0 Å². The molecule has 0 aliphatic rings. The van der Waals surface area contributed by atoms with Crippen LogP contribution in [0.2, 0.25) is 0 Å². The molecule has 1 aromatic heterocycles. The molecule has 0 spiro atoms. The Morgan fingerprint density at radius 3 is 2.83 bits per heavy atom. The second-order valence-corrected chi connectivity index (χ2v) is 3.75. The average molecular weight is 255 g/mol. The van der Waals surface area contributed by atoms with Crippen molar-refractivity contribution >= 4 is 0 Å².